The number of thioether (sulfide) groups is 2. The lowest BCUT2D eigenvalue weighted by Crippen LogP contribution is -2.04. The van der Waals surface area contributed by atoms with Gasteiger partial charge in [-0.25, -0.2) is 0 Å². The summed E-state index contributed by atoms with van der Waals surface area (Å²) < 4.78 is 0. The van der Waals surface area contributed by atoms with Crippen LogP contribution in [-0.2, 0) is 0 Å². The van der Waals surface area contributed by atoms with E-state index in [1.54, 1.807) is 11.8 Å². The molecule has 0 atom stereocenters. The zero-order chi connectivity index (χ0) is 10.2. The van der Waals surface area contributed by atoms with Gasteiger partial charge in [-0.15, -0.1) is 22.0 Å². The summed E-state index contributed by atoms with van der Waals surface area (Å²) >= 11 is 3.47. The molecule has 0 saturated heterocycles. The second-order valence-corrected chi connectivity index (χ2v) is 4.55. The lowest BCUT2D eigenvalue weighted by Gasteiger charge is -2.03. The third-order valence-electron chi connectivity index (χ3n) is 1.68. The topological polar surface area (TPSA) is 37.8 Å². The molecule has 0 aliphatic carbocycles. The van der Waals surface area contributed by atoms with Crippen LogP contribution < -0.4 is 5.32 Å². The van der Waals surface area contributed by atoms with E-state index >= 15 is 0 Å². The number of aromatic nitrogens is 2. The zero-order valence-electron chi connectivity index (χ0n) is 8.49. The average molecular weight is 229 g/mol. The summed E-state index contributed by atoms with van der Waals surface area (Å²) in [6.07, 6.45) is 5.27. The Morgan fingerprint density at radius 2 is 2.14 bits per heavy atom. The van der Waals surface area contributed by atoms with Crippen LogP contribution in [0.3, 0.4) is 0 Å². The smallest absolute Gasteiger partial charge is 0.148 e. The van der Waals surface area contributed by atoms with E-state index in [1.165, 1.54) is 5.75 Å². The maximum Gasteiger partial charge on any atom is 0.148 e. The van der Waals surface area contributed by atoms with Crippen LogP contribution in [0.1, 0.15) is 6.42 Å². The molecule has 1 N–H and O–H groups in total. The lowest BCUT2D eigenvalue weighted by molar-refractivity contribution is 0.906. The van der Waals surface area contributed by atoms with Crippen molar-refractivity contribution >= 4 is 29.3 Å². The van der Waals surface area contributed by atoms with Crippen molar-refractivity contribution in [3.8, 4) is 0 Å². The first kappa shape index (κ1) is 11.7. The molecular formula is C9H15N3S2. The molecule has 0 bridgehead atoms. The van der Waals surface area contributed by atoms with E-state index in [1.807, 2.05) is 30.2 Å². The van der Waals surface area contributed by atoms with E-state index in [4.69, 9.17) is 0 Å². The summed E-state index contributed by atoms with van der Waals surface area (Å²) in [5.74, 6) is 2.05. The van der Waals surface area contributed by atoms with Gasteiger partial charge in [0, 0.05) is 6.54 Å². The molecule has 0 saturated carbocycles. The van der Waals surface area contributed by atoms with E-state index in [9.17, 15) is 0 Å². The summed E-state index contributed by atoms with van der Waals surface area (Å²) in [5, 5.41) is 12.3. The van der Waals surface area contributed by atoms with Crippen molar-refractivity contribution in [1.82, 2.24) is 10.2 Å². The van der Waals surface area contributed by atoms with Crippen molar-refractivity contribution in [2.75, 3.05) is 30.1 Å². The normalized spacial score (nSPS) is 10.1. The molecule has 1 heterocycles. The van der Waals surface area contributed by atoms with Gasteiger partial charge in [0.1, 0.15) is 10.8 Å². The first-order valence-electron chi connectivity index (χ1n) is 4.47. The highest BCUT2D eigenvalue weighted by Crippen LogP contribution is 2.11. The number of anilines is 1. The van der Waals surface area contributed by atoms with Crippen LogP contribution in [0.15, 0.2) is 17.2 Å². The highest BCUT2D eigenvalue weighted by Gasteiger charge is 1.95. The van der Waals surface area contributed by atoms with Gasteiger partial charge in [0.2, 0.25) is 0 Å². The first-order chi connectivity index (χ1) is 6.86. The summed E-state index contributed by atoms with van der Waals surface area (Å²) in [5.41, 5.74) is 0. The Morgan fingerprint density at radius 1 is 1.29 bits per heavy atom. The van der Waals surface area contributed by atoms with Crippen molar-refractivity contribution < 1.29 is 0 Å². The number of hydrogen-bond acceptors (Lipinski definition) is 5. The van der Waals surface area contributed by atoms with Crippen LogP contribution in [-0.4, -0.2) is 35.0 Å². The second kappa shape index (κ2) is 6.95. The molecule has 0 spiro atoms. The third-order valence-corrected chi connectivity index (χ3v) is 3.01. The maximum atomic E-state index is 4.06. The van der Waals surface area contributed by atoms with Crippen LogP contribution in [0, 0.1) is 0 Å². The van der Waals surface area contributed by atoms with Gasteiger partial charge in [0.15, 0.2) is 0 Å². The monoisotopic (exact) mass is 229 g/mol. The predicted molar refractivity (Wildman–Crippen MR) is 65.3 cm³/mol. The van der Waals surface area contributed by atoms with Gasteiger partial charge in [-0.1, -0.05) is 0 Å². The minimum Gasteiger partial charge on any atom is -0.369 e. The molecule has 0 fully saturated rings. The minimum atomic E-state index is 0.865. The Hall–Kier alpha value is -0.420. The van der Waals surface area contributed by atoms with Crippen LogP contribution in [0.25, 0.3) is 0 Å². The number of hydrogen-bond donors (Lipinski definition) is 1. The van der Waals surface area contributed by atoms with Crippen LogP contribution in [0.4, 0.5) is 5.82 Å². The molecule has 0 aliphatic heterocycles. The number of nitrogens with one attached hydrogen (secondary N) is 1. The maximum absolute atomic E-state index is 4.06. The lowest BCUT2D eigenvalue weighted by atomic mass is 10.4. The van der Waals surface area contributed by atoms with E-state index < -0.39 is 0 Å². The number of nitrogens with zero attached hydrogens (tertiary/aromatic N) is 2. The van der Waals surface area contributed by atoms with Gasteiger partial charge >= 0.3 is 0 Å². The van der Waals surface area contributed by atoms with Crippen molar-refractivity contribution in [3.05, 3.63) is 12.1 Å². The Labute approximate surface area is 93.5 Å². The molecule has 0 aromatic carbocycles. The average Bonchev–Trinajstić information content (AvgIpc) is 2.25. The highest BCUT2D eigenvalue weighted by molar-refractivity contribution is 7.98. The van der Waals surface area contributed by atoms with Crippen molar-refractivity contribution in [2.45, 2.75) is 11.4 Å². The fourth-order valence-electron chi connectivity index (χ4n) is 0.956. The molecule has 0 amide bonds. The van der Waals surface area contributed by atoms with E-state index in [-0.39, 0.29) is 0 Å². The van der Waals surface area contributed by atoms with Crippen LogP contribution >= 0.6 is 23.5 Å². The Balaban J connectivity index is 2.29. The Kier molecular flexibility index (Phi) is 5.78. The molecule has 5 heteroatoms. The minimum absolute atomic E-state index is 0.865. The second-order valence-electron chi connectivity index (χ2n) is 2.73. The Bertz CT molecular complexity index is 251. The molecule has 0 radical (unpaired) electrons. The molecule has 14 heavy (non-hydrogen) atoms. The van der Waals surface area contributed by atoms with Gasteiger partial charge in [0.05, 0.1) is 0 Å². The molecular weight excluding hydrogens is 214 g/mol. The number of rotatable bonds is 6. The summed E-state index contributed by atoms with van der Waals surface area (Å²) in [7, 11) is 0. The predicted octanol–water partition coefficient (Wildman–Crippen LogP) is 2.36. The molecule has 1 aromatic rings. The van der Waals surface area contributed by atoms with Gasteiger partial charge in [-0.3, -0.25) is 0 Å². The van der Waals surface area contributed by atoms with Gasteiger partial charge < -0.3 is 5.32 Å². The quantitative estimate of drug-likeness (QED) is 0.599. The van der Waals surface area contributed by atoms with Crippen molar-refractivity contribution in [1.29, 1.82) is 0 Å². The van der Waals surface area contributed by atoms with Gasteiger partial charge in [-0.05, 0) is 36.8 Å². The molecule has 3 nitrogen and oxygen atoms in total. The van der Waals surface area contributed by atoms with Gasteiger partial charge in [0.25, 0.3) is 0 Å². The van der Waals surface area contributed by atoms with Crippen molar-refractivity contribution in [3.63, 3.8) is 0 Å². The van der Waals surface area contributed by atoms with E-state index in [0.29, 0.717) is 0 Å². The van der Waals surface area contributed by atoms with Gasteiger partial charge in [-0.2, -0.15) is 11.8 Å². The molecule has 0 unspecified atom stereocenters. The Morgan fingerprint density at radius 3 is 2.71 bits per heavy atom. The summed E-state index contributed by atoms with van der Waals surface area (Å²) in [6.45, 7) is 0.966. The summed E-state index contributed by atoms with van der Waals surface area (Å²) in [4.78, 5) is 0. The van der Waals surface area contributed by atoms with Crippen molar-refractivity contribution in [2.24, 2.45) is 0 Å². The molecule has 1 rings (SSSR count). The highest BCUT2D eigenvalue weighted by atomic mass is 32.2. The van der Waals surface area contributed by atoms with E-state index in [2.05, 4.69) is 21.8 Å². The molecule has 78 valence electrons. The SMILES string of the molecule is CSCCCNc1ccc(SC)nn1. The largest absolute Gasteiger partial charge is 0.369 e. The van der Waals surface area contributed by atoms with Crippen LogP contribution in [0.5, 0.6) is 0 Å². The summed E-state index contributed by atoms with van der Waals surface area (Å²) in [6, 6.07) is 3.95. The zero-order valence-corrected chi connectivity index (χ0v) is 10.1. The van der Waals surface area contributed by atoms with E-state index in [0.717, 1.165) is 23.8 Å². The standard InChI is InChI=1S/C9H15N3S2/c1-13-7-3-6-10-8-4-5-9(14-2)12-11-8/h4-5H,3,6-7H2,1-2H3,(H,10,11). The first-order valence-corrected chi connectivity index (χ1v) is 7.09. The third kappa shape index (κ3) is 4.19. The van der Waals surface area contributed by atoms with Crippen LogP contribution in [0.2, 0.25) is 0 Å². The molecule has 1 aromatic heterocycles. The fourth-order valence-corrected chi connectivity index (χ4v) is 1.72. The fraction of sp³-hybridized carbons (Fsp3) is 0.556. The molecule has 0 aliphatic rings.